The summed E-state index contributed by atoms with van der Waals surface area (Å²) in [5.41, 5.74) is -1.08. The highest BCUT2D eigenvalue weighted by Crippen LogP contribution is 2.41. The summed E-state index contributed by atoms with van der Waals surface area (Å²) in [6.07, 6.45) is -3.33. The topological polar surface area (TPSA) is 99.0 Å². The first-order valence-electron chi connectivity index (χ1n) is 11.3. The van der Waals surface area contributed by atoms with Crippen LogP contribution in [-0.2, 0) is 17.5 Å². The van der Waals surface area contributed by atoms with Gasteiger partial charge in [-0.15, -0.1) is 0 Å². The number of thioether (sulfide) groups is 1. The van der Waals surface area contributed by atoms with Gasteiger partial charge in [0.2, 0.25) is 5.75 Å². The second kappa shape index (κ2) is 11.2. The summed E-state index contributed by atoms with van der Waals surface area (Å²) < 4.78 is 63.3. The van der Waals surface area contributed by atoms with Crippen molar-refractivity contribution in [3.05, 3.63) is 98.2 Å². The Kier molecular flexibility index (Phi) is 7.90. The molecule has 1 fully saturated rings. The van der Waals surface area contributed by atoms with E-state index in [1.54, 1.807) is 6.92 Å². The van der Waals surface area contributed by atoms with Crippen molar-refractivity contribution >= 4 is 34.7 Å². The molecule has 0 radical (unpaired) electrons. The maximum Gasteiger partial charge on any atom is 0.416 e. The molecule has 1 aliphatic heterocycles. The Morgan fingerprint density at radius 1 is 1.00 bits per heavy atom. The van der Waals surface area contributed by atoms with Crippen LogP contribution in [0.2, 0.25) is 0 Å². The predicted octanol–water partition coefficient (Wildman–Crippen LogP) is 7.18. The largest absolute Gasteiger partial charge is 0.490 e. The maximum absolute atomic E-state index is 13.2. The minimum Gasteiger partial charge on any atom is -0.490 e. The number of hydrogen-bond donors (Lipinski definition) is 0. The number of benzene rings is 3. The first-order valence-corrected chi connectivity index (χ1v) is 12.1. The summed E-state index contributed by atoms with van der Waals surface area (Å²) >= 11 is 0.719. The molecule has 1 aliphatic rings. The Morgan fingerprint density at radius 3 is 2.33 bits per heavy atom. The van der Waals surface area contributed by atoms with Gasteiger partial charge in [-0.1, -0.05) is 18.2 Å². The Hall–Kier alpha value is -4.39. The molecule has 3 aromatic carbocycles. The quantitative estimate of drug-likeness (QED) is 0.124. The predicted molar refractivity (Wildman–Crippen MR) is 134 cm³/mol. The minimum absolute atomic E-state index is 0.0127. The van der Waals surface area contributed by atoms with E-state index in [9.17, 15) is 37.3 Å². The number of halogens is 4. The van der Waals surface area contributed by atoms with E-state index in [4.69, 9.17) is 9.47 Å². The van der Waals surface area contributed by atoms with Crippen LogP contribution in [0.5, 0.6) is 17.2 Å². The molecule has 0 saturated carbocycles. The molecule has 4 rings (SSSR count). The van der Waals surface area contributed by atoms with E-state index in [-0.39, 0.29) is 29.6 Å². The molecule has 0 aromatic heterocycles. The fourth-order valence-electron chi connectivity index (χ4n) is 3.57. The lowest BCUT2D eigenvalue weighted by molar-refractivity contribution is -0.385. The van der Waals surface area contributed by atoms with Gasteiger partial charge in [0, 0.05) is 6.07 Å². The number of carbonyl (C=O) groups excluding carboxylic acids is 2. The highest BCUT2D eigenvalue weighted by Gasteiger charge is 2.35. The lowest BCUT2D eigenvalue weighted by Gasteiger charge is -2.14. The number of amides is 2. The average Bonchev–Trinajstić information content (AvgIpc) is 3.13. The van der Waals surface area contributed by atoms with Gasteiger partial charge in [0.15, 0.2) is 11.5 Å². The van der Waals surface area contributed by atoms with Gasteiger partial charge in [-0.3, -0.25) is 24.6 Å². The van der Waals surface area contributed by atoms with Gasteiger partial charge >= 0.3 is 11.9 Å². The number of nitro groups is 1. The van der Waals surface area contributed by atoms with E-state index in [2.05, 4.69) is 0 Å². The molecular weight excluding hydrogens is 544 g/mol. The fourth-order valence-corrected chi connectivity index (χ4v) is 4.41. The Morgan fingerprint density at radius 2 is 1.69 bits per heavy atom. The highest BCUT2D eigenvalue weighted by atomic mass is 32.2. The van der Waals surface area contributed by atoms with E-state index in [0.717, 1.165) is 22.7 Å². The normalized spacial score (nSPS) is 14.7. The number of carbonyl (C=O) groups is 2. The van der Waals surface area contributed by atoms with Crippen molar-refractivity contribution in [2.45, 2.75) is 19.6 Å². The van der Waals surface area contributed by atoms with Crippen LogP contribution in [0, 0.1) is 15.9 Å². The lowest BCUT2D eigenvalue weighted by Crippen LogP contribution is -2.27. The number of alkyl halides is 3. The van der Waals surface area contributed by atoms with Gasteiger partial charge in [-0.25, -0.2) is 4.39 Å². The van der Waals surface area contributed by atoms with Gasteiger partial charge in [0.05, 0.1) is 28.5 Å². The van der Waals surface area contributed by atoms with Crippen LogP contribution in [-0.4, -0.2) is 27.6 Å². The second-order valence-electron chi connectivity index (χ2n) is 8.07. The van der Waals surface area contributed by atoms with Crippen molar-refractivity contribution in [1.82, 2.24) is 4.90 Å². The molecule has 39 heavy (non-hydrogen) atoms. The molecule has 13 heteroatoms. The summed E-state index contributed by atoms with van der Waals surface area (Å²) in [5, 5.41) is 10.9. The molecular formula is C26H18F4N2O6S. The van der Waals surface area contributed by atoms with Gasteiger partial charge in [0.25, 0.3) is 11.1 Å². The van der Waals surface area contributed by atoms with Crippen molar-refractivity contribution in [3.8, 4) is 17.2 Å². The van der Waals surface area contributed by atoms with E-state index in [0.29, 0.717) is 23.3 Å². The molecule has 8 nitrogen and oxygen atoms in total. The lowest BCUT2D eigenvalue weighted by atomic mass is 10.1. The van der Waals surface area contributed by atoms with E-state index >= 15 is 0 Å². The summed E-state index contributed by atoms with van der Waals surface area (Å²) in [6, 6.07) is 11.6. The zero-order chi connectivity index (χ0) is 28.3. The summed E-state index contributed by atoms with van der Waals surface area (Å²) in [4.78, 5) is 36.9. The molecule has 0 atom stereocenters. The second-order valence-corrected chi connectivity index (χ2v) is 9.07. The fraction of sp³-hybridized carbons (Fsp3) is 0.154. The van der Waals surface area contributed by atoms with E-state index < -0.39 is 45.1 Å². The minimum atomic E-state index is -4.78. The molecule has 0 aliphatic carbocycles. The molecule has 0 spiro atoms. The molecule has 3 aromatic rings. The smallest absolute Gasteiger partial charge is 0.416 e. The number of rotatable bonds is 8. The average molecular weight is 562 g/mol. The SMILES string of the molecule is CCOc1cc(/C=C2\SC(=O)N(Cc3ccc(F)cc3)C2=O)ccc1Oc1ccc(C(F)(F)F)cc1[N+](=O)[O-]. The third-order valence-electron chi connectivity index (χ3n) is 5.40. The third kappa shape index (κ3) is 6.37. The van der Waals surface area contributed by atoms with Gasteiger partial charge in [-0.2, -0.15) is 13.2 Å². The van der Waals surface area contributed by atoms with Crippen LogP contribution in [0.25, 0.3) is 6.08 Å². The number of imide groups is 1. The van der Waals surface area contributed by atoms with Crippen LogP contribution in [0.15, 0.2) is 65.6 Å². The van der Waals surface area contributed by atoms with Crippen molar-refractivity contribution in [1.29, 1.82) is 0 Å². The monoisotopic (exact) mass is 562 g/mol. The molecule has 202 valence electrons. The number of nitrogens with zero attached hydrogens (tertiary/aromatic N) is 2. The van der Waals surface area contributed by atoms with Crippen LogP contribution >= 0.6 is 11.8 Å². The van der Waals surface area contributed by atoms with Crippen molar-refractivity contribution in [2.24, 2.45) is 0 Å². The van der Waals surface area contributed by atoms with E-state index in [1.165, 1.54) is 48.5 Å². The standard InChI is InChI=1S/C26H18F4N2O6S/c1-2-37-22-11-16(12-23-24(33)31(25(34)39-23)14-15-3-7-18(27)8-4-15)5-9-21(22)38-20-10-6-17(26(28,29)30)13-19(20)32(35)36/h3-13H,2,14H2,1H3/b23-12-. The Balaban J connectivity index is 1.59. The molecule has 0 N–H and O–H groups in total. The van der Waals surface area contributed by atoms with Crippen molar-refractivity contribution < 1.29 is 41.5 Å². The summed E-state index contributed by atoms with van der Waals surface area (Å²) in [5.74, 6) is -1.33. The zero-order valence-corrected chi connectivity index (χ0v) is 20.8. The molecule has 0 bridgehead atoms. The zero-order valence-electron chi connectivity index (χ0n) is 20.0. The maximum atomic E-state index is 13.2. The third-order valence-corrected chi connectivity index (χ3v) is 6.30. The van der Waals surface area contributed by atoms with Crippen LogP contribution in [0.4, 0.5) is 28.0 Å². The Labute approximate surface area is 223 Å². The summed E-state index contributed by atoms with van der Waals surface area (Å²) in [6.45, 7) is 1.78. The molecule has 1 heterocycles. The highest BCUT2D eigenvalue weighted by molar-refractivity contribution is 8.18. The summed E-state index contributed by atoms with van der Waals surface area (Å²) in [7, 11) is 0. The number of nitro benzene ring substituents is 1. The number of hydrogen-bond acceptors (Lipinski definition) is 7. The Bertz CT molecular complexity index is 1470. The number of ether oxygens (including phenoxy) is 2. The van der Waals surface area contributed by atoms with Gasteiger partial charge in [-0.05, 0) is 72.3 Å². The van der Waals surface area contributed by atoms with Gasteiger partial charge < -0.3 is 9.47 Å². The molecule has 2 amide bonds. The first kappa shape index (κ1) is 27.6. The van der Waals surface area contributed by atoms with Gasteiger partial charge in [0.1, 0.15) is 5.82 Å². The molecule has 1 saturated heterocycles. The van der Waals surface area contributed by atoms with Crippen LogP contribution < -0.4 is 9.47 Å². The first-order chi connectivity index (χ1) is 18.5. The van der Waals surface area contributed by atoms with Crippen LogP contribution in [0.3, 0.4) is 0 Å². The van der Waals surface area contributed by atoms with E-state index in [1.807, 2.05) is 0 Å². The van der Waals surface area contributed by atoms with Crippen molar-refractivity contribution in [3.63, 3.8) is 0 Å². The van der Waals surface area contributed by atoms with Crippen LogP contribution in [0.1, 0.15) is 23.6 Å². The van der Waals surface area contributed by atoms with Crippen molar-refractivity contribution in [2.75, 3.05) is 6.61 Å². The molecule has 0 unspecified atom stereocenters.